The van der Waals surface area contributed by atoms with Crippen LogP contribution < -0.4 is 5.73 Å². The first-order chi connectivity index (χ1) is 16.9. The van der Waals surface area contributed by atoms with E-state index >= 15 is 0 Å². The van der Waals surface area contributed by atoms with Crippen LogP contribution in [-0.4, -0.2) is 57.0 Å². The van der Waals surface area contributed by atoms with E-state index in [0.717, 1.165) is 10.5 Å². The van der Waals surface area contributed by atoms with Crippen LogP contribution in [0.1, 0.15) is 58.0 Å². The number of hydrogen-bond donors (Lipinski definition) is 1. The summed E-state index contributed by atoms with van der Waals surface area (Å²) < 4.78 is 1.31. The van der Waals surface area contributed by atoms with Crippen LogP contribution in [0, 0.1) is 12.8 Å². The van der Waals surface area contributed by atoms with Gasteiger partial charge in [-0.05, 0) is 50.3 Å². The third-order valence-electron chi connectivity index (χ3n) is 5.73. The smallest absolute Gasteiger partial charge is 0.253 e. The van der Waals surface area contributed by atoms with Gasteiger partial charge in [0.05, 0.1) is 21.3 Å². The molecule has 36 heavy (non-hydrogen) atoms. The number of hydrogen-bond acceptors (Lipinski definition) is 7. The standard InChI is InChI=1S/C11H13NS.C9H14N2O2.C7H9NO2/c1-7(2)9-4-5-10-11(6-9)13-8(3)12-10;1-6(2)7(5-10)11-8(12)3-4-9(11)13;1-5(2)8-6(9)3-4-7(8)10/h4-7H,1-3H3;3-4,6-7H,5,10H2,1-2H3;3-5H,1-2H3. The van der Waals surface area contributed by atoms with Crippen molar-refractivity contribution in [3.05, 3.63) is 53.1 Å². The Morgan fingerprint density at radius 3 is 1.72 bits per heavy atom. The number of benzene rings is 1. The number of aromatic nitrogens is 1. The summed E-state index contributed by atoms with van der Waals surface area (Å²) in [6, 6.07) is 6.33. The predicted molar refractivity (Wildman–Crippen MR) is 143 cm³/mol. The molecule has 0 aliphatic carbocycles. The summed E-state index contributed by atoms with van der Waals surface area (Å²) in [4.78, 5) is 51.1. The number of thiazole rings is 1. The largest absolute Gasteiger partial charge is 0.328 e. The van der Waals surface area contributed by atoms with Crippen molar-refractivity contribution in [2.24, 2.45) is 11.7 Å². The van der Waals surface area contributed by atoms with E-state index < -0.39 is 0 Å². The summed E-state index contributed by atoms with van der Waals surface area (Å²) in [5.41, 5.74) is 8.03. The van der Waals surface area contributed by atoms with Crippen LogP contribution in [-0.2, 0) is 19.2 Å². The van der Waals surface area contributed by atoms with Gasteiger partial charge in [0, 0.05) is 36.9 Å². The summed E-state index contributed by atoms with van der Waals surface area (Å²) in [5.74, 6) is -0.132. The molecule has 8 nitrogen and oxygen atoms in total. The third-order valence-corrected chi connectivity index (χ3v) is 6.67. The minimum Gasteiger partial charge on any atom is -0.328 e. The summed E-state index contributed by atoms with van der Waals surface area (Å²) in [7, 11) is 0. The Kier molecular flexibility index (Phi) is 10.2. The molecular formula is C27H36N4O4S. The van der Waals surface area contributed by atoms with Crippen LogP contribution >= 0.6 is 11.3 Å². The fourth-order valence-electron chi connectivity index (χ4n) is 3.75. The molecule has 0 saturated heterocycles. The van der Waals surface area contributed by atoms with Crippen LogP contribution in [0.25, 0.3) is 10.2 Å². The van der Waals surface area contributed by atoms with Crippen LogP contribution in [0.2, 0.25) is 0 Å². The normalized spacial score (nSPS) is 15.9. The lowest BCUT2D eigenvalue weighted by Gasteiger charge is -2.27. The Balaban J connectivity index is 0.000000192. The van der Waals surface area contributed by atoms with E-state index in [0.29, 0.717) is 12.5 Å². The Labute approximate surface area is 216 Å². The molecule has 1 unspecified atom stereocenters. The molecule has 2 aliphatic rings. The molecule has 0 bridgehead atoms. The van der Waals surface area contributed by atoms with Crippen LogP contribution in [0.3, 0.4) is 0 Å². The summed E-state index contributed by atoms with van der Waals surface area (Å²) in [6.07, 6.45) is 5.16. The molecule has 0 radical (unpaired) electrons. The van der Waals surface area contributed by atoms with E-state index in [-0.39, 0.29) is 41.6 Å². The van der Waals surface area contributed by atoms with E-state index in [1.807, 2.05) is 27.7 Å². The Morgan fingerprint density at radius 2 is 1.33 bits per heavy atom. The zero-order valence-corrected chi connectivity index (χ0v) is 22.8. The van der Waals surface area contributed by atoms with Gasteiger partial charge < -0.3 is 5.73 Å². The average Bonchev–Trinajstić information content (AvgIpc) is 3.45. The van der Waals surface area contributed by atoms with Gasteiger partial charge in [-0.3, -0.25) is 29.0 Å². The van der Waals surface area contributed by atoms with E-state index in [1.165, 1.54) is 44.4 Å². The molecule has 3 heterocycles. The molecule has 0 spiro atoms. The van der Waals surface area contributed by atoms with Crippen molar-refractivity contribution in [1.82, 2.24) is 14.8 Å². The van der Waals surface area contributed by atoms with Gasteiger partial charge in [0.25, 0.3) is 23.6 Å². The summed E-state index contributed by atoms with van der Waals surface area (Å²) >= 11 is 1.77. The SMILES string of the molecule is CC(C)C(CN)N1C(=O)C=CC1=O.CC(C)N1C(=O)C=CC1=O.Cc1nc2ccc(C(C)C)cc2s1. The van der Waals surface area contributed by atoms with E-state index in [9.17, 15) is 19.2 Å². The zero-order chi connectivity index (χ0) is 27.2. The fourth-order valence-corrected chi connectivity index (χ4v) is 4.63. The van der Waals surface area contributed by atoms with Crippen molar-refractivity contribution in [2.75, 3.05) is 6.54 Å². The molecule has 2 aliphatic heterocycles. The number of aryl methyl sites for hydroxylation is 1. The first-order valence-electron chi connectivity index (χ1n) is 12.0. The van der Waals surface area contributed by atoms with E-state index in [1.54, 1.807) is 11.3 Å². The zero-order valence-electron chi connectivity index (χ0n) is 22.0. The second-order valence-corrected chi connectivity index (χ2v) is 10.7. The quantitative estimate of drug-likeness (QED) is 0.607. The van der Waals surface area contributed by atoms with Crippen molar-refractivity contribution < 1.29 is 19.2 Å². The van der Waals surface area contributed by atoms with Crippen molar-refractivity contribution >= 4 is 45.2 Å². The van der Waals surface area contributed by atoms with Crippen molar-refractivity contribution in [3.8, 4) is 0 Å². The van der Waals surface area contributed by atoms with Crippen molar-refractivity contribution in [3.63, 3.8) is 0 Å². The molecule has 9 heteroatoms. The minimum atomic E-state index is -0.255. The van der Waals surface area contributed by atoms with Crippen molar-refractivity contribution in [1.29, 1.82) is 0 Å². The third kappa shape index (κ3) is 7.18. The molecule has 1 aromatic heterocycles. The van der Waals surface area contributed by atoms with E-state index in [4.69, 9.17) is 5.73 Å². The number of carbonyl (C=O) groups excluding carboxylic acids is 4. The molecule has 2 aromatic rings. The maximum atomic E-state index is 11.3. The second-order valence-electron chi connectivity index (χ2n) is 9.52. The Hall–Kier alpha value is -3.17. The highest BCUT2D eigenvalue weighted by Gasteiger charge is 2.31. The fraction of sp³-hybridized carbons (Fsp3) is 0.444. The molecular weight excluding hydrogens is 476 g/mol. The molecule has 194 valence electrons. The number of imide groups is 2. The molecule has 4 amide bonds. The number of carbonyl (C=O) groups is 4. The first-order valence-corrected chi connectivity index (χ1v) is 12.9. The lowest BCUT2D eigenvalue weighted by atomic mass is 10.0. The highest BCUT2D eigenvalue weighted by atomic mass is 32.1. The van der Waals surface area contributed by atoms with Crippen molar-refractivity contribution in [2.45, 2.75) is 66.5 Å². The average molecular weight is 513 g/mol. The van der Waals surface area contributed by atoms with Gasteiger partial charge in [-0.15, -0.1) is 11.3 Å². The van der Waals surface area contributed by atoms with Crippen LogP contribution in [0.15, 0.2) is 42.5 Å². The highest BCUT2D eigenvalue weighted by Crippen LogP contribution is 2.25. The Bertz CT molecular complexity index is 1140. The number of nitrogens with zero attached hydrogens (tertiary/aromatic N) is 3. The van der Waals surface area contributed by atoms with Crippen LogP contribution in [0.5, 0.6) is 0 Å². The number of rotatable bonds is 5. The molecule has 4 rings (SSSR count). The maximum Gasteiger partial charge on any atom is 0.253 e. The van der Waals surface area contributed by atoms with Gasteiger partial charge in [0.15, 0.2) is 0 Å². The van der Waals surface area contributed by atoms with Gasteiger partial charge in [0.1, 0.15) is 0 Å². The topological polar surface area (TPSA) is 114 Å². The minimum absolute atomic E-state index is 0.0324. The molecule has 0 fully saturated rings. The summed E-state index contributed by atoms with van der Waals surface area (Å²) in [5, 5.41) is 1.15. The van der Waals surface area contributed by atoms with E-state index in [2.05, 4.69) is 44.0 Å². The van der Waals surface area contributed by atoms with Gasteiger partial charge >= 0.3 is 0 Å². The Morgan fingerprint density at radius 1 is 0.833 bits per heavy atom. The highest BCUT2D eigenvalue weighted by molar-refractivity contribution is 7.18. The maximum absolute atomic E-state index is 11.3. The molecule has 1 aromatic carbocycles. The number of nitrogens with two attached hydrogens (primary N) is 1. The van der Waals surface area contributed by atoms with Gasteiger partial charge in [-0.25, -0.2) is 4.98 Å². The lowest BCUT2D eigenvalue weighted by Crippen LogP contribution is -2.47. The van der Waals surface area contributed by atoms with Crippen LogP contribution in [0.4, 0.5) is 0 Å². The number of fused-ring (bicyclic) bond motifs is 1. The monoisotopic (exact) mass is 512 g/mol. The molecule has 1 atom stereocenters. The first kappa shape index (κ1) is 29.1. The second kappa shape index (κ2) is 12.7. The van der Waals surface area contributed by atoms with Gasteiger partial charge in [0.2, 0.25) is 0 Å². The number of amides is 4. The van der Waals surface area contributed by atoms with Gasteiger partial charge in [-0.2, -0.15) is 0 Å². The van der Waals surface area contributed by atoms with Gasteiger partial charge in [-0.1, -0.05) is 33.8 Å². The summed E-state index contributed by atoms with van der Waals surface area (Å²) in [6.45, 7) is 14.3. The lowest BCUT2D eigenvalue weighted by molar-refractivity contribution is -0.141. The molecule has 2 N–H and O–H groups in total. The predicted octanol–water partition coefficient (Wildman–Crippen LogP) is 3.94. The molecule has 0 saturated carbocycles.